The number of rotatable bonds is 2. The van der Waals surface area contributed by atoms with Crippen LogP contribution in [-0.2, 0) is 0 Å². The Bertz CT molecular complexity index is 564. The molecule has 0 amide bonds. The zero-order valence-corrected chi connectivity index (χ0v) is 8.65. The summed E-state index contributed by atoms with van der Waals surface area (Å²) in [6, 6.07) is 10.2. The van der Waals surface area contributed by atoms with Crippen molar-refractivity contribution in [2.24, 2.45) is 5.84 Å². The maximum Gasteiger partial charge on any atom is 0.300 e. The van der Waals surface area contributed by atoms with E-state index < -0.39 is 11.6 Å². The van der Waals surface area contributed by atoms with E-state index >= 15 is 0 Å². The monoisotopic (exact) mass is 234 g/mol. The van der Waals surface area contributed by atoms with E-state index in [1.165, 1.54) is 24.3 Å². The molecule has 0 spiro atoms. The number of hydrogen-bond acceptors (Lipinski definition) is 1. The first kappa shape index (κ1) is 11.2. The molecule has 3 nitrogen and oxygen atoms in total. The highest BCUT2D eigenvalue weighted by molar-refractivity contribution is 5.67. The van der Waals surface area contributed by atoms with Crippen molar-refractivity contribution in [2.45, 2.75) is 0 Å². The lowest BCUT2D eigenvalue weighted by Crippen LogP contribution is -2.08. The maximum absolute atomic E-state index is 13.5. The molecule has 2 N–H and O–H groups in total. The van der Waals surface area contributed by atoms with Crippen LogP contribution in [0.5, 0.6) is 0 Å². The molecule has 5 heteroatoms. The van der Waals surface area contributed by atoms with Gasteiger partial charge in [0.15, 0.2) is 4.87 Å². The van der Waals surface area contributed by atoms with Gasteiger partial charge in [-0.3, -0.25) is 0 Å². The van der Waals surface area contributed by atoms with Crippen molar-refractivity contribution < 1.29 is 13.6 Å². The fraction of sp³-hybridized carbons (Fsp3) is 0. The topological polar surface area (TPSA) is 46.1 Å². The van der Waals surface area contributed by atoms with Crippen molar-refractivity contribution in [3.05, 3.63) is 59.0 Å². The lowest BCUT2D eigenvalue weighted by atomic mass is 10.0. The Labute approximate surface area is 96.0 Å². The van der Waals surface area contributed by atoms with Gasteiger partial charge in [0, 0.05) is 6.07 Å². The number of nitrogens with two attached hydrogens (primary N) is 1. The van der Waals surface area contributed by atoms with Gasteiger partial charge in [0.05, 0.1) is 16.5 Å². The highest BCUT2D eigenvalue weighted by Crippen LogP contribution is 2.27. The predicted molar refractivity (Wildman–Crippen MR) is 58.1 cm³/mol. The van der Waals surface area contributed by atoms with Gasteiger partial charge in [-0.1, -0.05) is 12.1 Å². The van der Waals surface area contributed by atoms with Crippen LogP contribution in [0.25, 0.3) is 11.1 Å². The summed E-state index contributed by atoms with van der Waals surface area (Å²) in [6.07, 6.45) is 0. The van der Waals surface area contributed by atoms with Gasteiger partial charge in [0.1, 0.15) is 11.6 Å². The SMILES string of the molecule is N[N+](=O)c1[c]ccc(-c2c(F)cccc2F)c1. The quantitative estimate of drug-likeness (QED) is 0.493. The minimum Gasteiger partial charge on any atom is -0.206 e. The number of benzene rings is 2. The fourth-order valence-corrected chi connectivity index (χ4v) is 1.51. The zero-order chi connectivity index (χ0) is 12.4. The molecule has 2 rings (SSSR count). The lowest BCUT2D eigenvalue weighted by molar-refractivity contribution is -0.475. The van der Waals surface area contributed by atoms with Crippen LogP contribution < -0.4 is 5.84 Å². The molecule has 2 aromatic rings. The van der Waals surface area contributed by atoms with E-state index in [9.17, 15) is 13.7 Å². The van der Waals surface area contributed by atoms with Crippen molar-refractivity contribution in [3.8, 4) is 11.1 Å². The molecule has 85 valence electrons. The first-order chi connectivity index (χ1) is 8.09. The number of nitroso groups, excluding NO2 is 1. The Hall–Kier alpha value is -2.30. The standard InChI is InChI=1S/C12H8F2N2O/c13-10-5-2-6-11(14)12(10)8-3-1-4-9(7-8)16(15)17/h1-3,5-7H,(H2,15,17)/q+1. The summed E-state index contributed by atoms with van der Waals surface area (Å²) in [5.41, 5.74) is 0.0513. The maximum atomic E-state index is 13.5. The van der Waals surface area contributed by atoms with E-state index in [-0.39, 0.29) is 21.7 Å². The largest absolute Gasteiger partial charge is 0.300 e. The minimum absolute atomic E-state index is 0.00477. The van der Waals surface area contributed by atoms with Gasteiger partial charge in [0.25, 0.3) is 5.69 Å². The molecule has 0 saturated carbocycles. The van der Waals surface area contributed by atoms with E-state index in [0.717, 1.165) is 12.1 Å². The Balaban J connectivity index is 2.61. The smallest absolute Gasteiger partial charge is 0.206 e. The molecular formula is C12H8F2N2O+. The lowest BCUT2D eigenvalue weighted by Gasteiger charge is -2.03. The van der Waals surface area contributed by atoms with E-state index in [1.54, 1.807) is 0 Å². The van der Waals surface area contributed by atoms with Crippen LogP contribution in [0.4, 0.5) is 14.5 Å². The summed E-state index contributed by atoms with van der Waals surface area (Å²) < 4.78 is 27.0. The predicted octanol–water partition coefficient (Wildman–Crippen LogP) is 2.72. The van der Waals surface area contributed by atoms with Gasteiger partial charge in [-0.05, 0) is 23.8 Å². The third-order valence-electron chi connectivity index (χ3n) is 2.28. The van der Waals surface area contributed by atoms with Crippen LogP contribution in [0.1, 0.15) is 0 Å². The Morgan fingerprint density at radius 1 is 1.18 bits per heavy atom. The number of halogens is 2. The van der Waals surface area contributed by atoms with E-state index in [1.807, 2.05) is 0 Å². The number of nitrogens with zero attached hydrogens (tertiary/aromatic N) is 1. The minimum atomic E-state index is -0.698. The molecule has 0 aliphatic rings. The van der Waals surface area contributed by atoms with Crippen LogP contribution in [0.15, 0.2) is 36.4 Å². The molecule has 0 aromatic heterocycles. The summed E-state index contributed by atoms with van der Waals surface area (Å²) in [7, 11) is 0. The van der Waals surface area contributed by atoms with Crippen molar-refractivity contribution in [1.29, 1.82) is 0 Å². The van der Waals surface area contributed by atoms with Crippen molar-refractivity contribution in [1.82, 2.24) is 0 Å². The zero-order valence-electron chi connectivity index (χ0n) is 8.65. The Kier molecular flexibility index (Phi) is 2.82. The summed E-state index contributed by atoms with van der Waals surface area (Å²) >= 11 is 0. The van der Waals surface area contributed by atoms with E-state index in [0.29, 0.717) is 0 Å². The second kappa shape index (κ2) is 4.29. The highest BCUT2D eigenvalue weighted by Gasteiger charge is 2.15. The summed E-state index contributed by atoms with van der Waals surface area (Å²) in [6.45, 7) is 0. The molecule has 0 saturated heterocycles. The van der Waals surface area contributed by atoms with Crippen LogP contribution in [-0.4, -0.2) is 4.87 Å². The fourth-order valence-electron chi connectivity index (χ4n) is 1.51. The van der Waals surface area contributed by atoms with E-state index in [4.69, 9.17) is 5.84 Å². The molecule has 2 aromatic carbocycles. The Morgan fingerprint density at radius 3 is 2.41 bits per heavy atom. The molecule has 0 aliphatic heterocycles. The second-order valence-electron chi connectivity index (χ2n) is 3.39. The van der Waals surface area contributed by atoms with Gasteiger partial charge in [0.2, 0.25) is 0 Å². The molecule has 0 heterocycles. The number of hydrazine groups is 1. The summed E-state index contributed by atoms with van der Waals surface area (Å²) in [5, 5.41) is 0. The normalized spacial score (nSPS) is 10.2. The molecule has 1 radical (unpaired) electrons. The molecular weight excluding hydrogens is 226 g/mol. The number of hydrogen-bond donors (Lipinski definition) is 1. The molecule has 0 atom stereocenters. The van der Waals surface area contributed by atoms with Crippen LogP contribution >= 0.6 is 0 Å². The summed E-state index contributed by atoms with van der Waals surface area (Å²) in [5.74, 6) is 3.60. The molecule has 0 unspecified atom stereocenters. The molecule has 0 bridgehead atoms. The van der Waals surface area contributed by atoms with Crippen LogP contribution in [0, 0.1) is 22.6 Å². The second-order valence-corrected chi connectivity index (χ2v) is 3.39. The summed E-state index contributed by atoms with van der Waals surface area (Å²) in [4.78, 5) is 11.0. The third kappa shape index (κ3) is 2.13. The van der Waals surface area contributed by atoms with Gasteiger partial charge < -0.3 is 0 Å². The molecule has 0 fully saturated rings. The van der Waals surface area contributed by atoms with Crippen molar-refractivity contribution >= 4 is 5.69 Å². The van der Waals surface area contributed by atoms with Gasteiger partial charge >= 0.3 is 0 Å². The van der Waals surface area contributed by atoms with E-state index in [2.05, 4.69) is 6.07 Å². The molecule has 17 heavy (non-hydrogen) atoms. The van der Waals surface area contributed by atoms with Gasteiger partial charge in [-0.2, -0.15) is 5.84 Å². The highest BCUT2D eigenvalue weighted by atomic mass is 19.1. The first-order valence-corrected chi connectivity index (χ1v) is 4.77. The van der Waals surface area contributed by atoms with Crippen LogP contribution in [0.3, 0.4) is 0 Å². The third-order valence-corrected chi connectivity index (χ3v) is 2.28. The van der Waals surface area contributed by atoms with Gasteiger partial charge in [-0.25, -0.2) is 8.78 Å². The average molecular weight is 234 g/mol. The van der Waals surface area contributed by atoms with Crippen LogP contribution in [0.2, 0.25) is 0 Å². The Morgan fingerprint density at radius 2 is 1.82 bits per heavy atom. The average Bonchev–Trinajstić information content (AvgIpc) is 2.29. The van der Waals surface area contributed by atoms with Crippen molar-refractivity contribution in [2.75, 3.05) is 0 Å². The van der Waals surface area contributed by atoms with Crippen molar-refractivity contribution in [3.63, 3.8) is 0 Å². The van der Waals surface area contributed by atoms with Gasteiger partial charge in [-0.15, -0.1) is 0 Å². The molecule has 0 aliphatic carbocycles. The first-order valence-electron chi connectivity index (χ1n) is 4.77.